The molecule has 6 aromatic rings. The van der Waals surface area contributed by atoms with Crippen molar-refractivity contribution in [3.8, 4) is 11.8 Å². The molecule has 0 radical (unpaired) electrons. The summed E-state index contributed by atoms with van der Waals surface area (Å²) in [5, 5.41) is 3.22. The number of nitrogens with two attached hydrogens (primary N) is 1. The number of imidazole rings is 1. The standard InChI is InChI=1S/C35H29FN6O4S/c1-23-40-31-18-26(5-10-30(31)35(44)42(23)16-13-37)22-47(45,46)32-11-7-28(20-27(32)6-2-24-3-8-29(36)9-4-24)34(43)39-21-25-12-15-41-17-14-38-33(41)19-25/h3-5,7-12,14-15,17-20H,13,16,21-22,37H2,1H3,(H,39,43). The van der Waals surface area contributed by atoms with Crippen LogP contribution in [-0.4, -0.2) is 39.8 Å². The number of sulfone groups is 1. The summed E-state index contributed by atoms with van der Waals surface area (Å²) in [6.45, 7) is 2.52. The molecule has 0 spiro atoms. The van der Waals surface area contributed by atoms with Gasteiger partial charge in [0.2, 0.25) is 0 Å². The molecule has 0 unspecified atom stereocenters. The topological polar surface area (TPSA) is 141 Å². The molecular formula is C35H29FN6O4S. The molecule has 0 aliphatic heterocycles. The number of halogens is 1. The monoisotopic (exact) mass is 648 g/mol. The van der Waals surface area contributed by atoms with Crippen LogP contribution >= 0.6 is 0 Å². The van der Waals surface area contributed by atoms with Crippen LogP contribution in [0.1, 0.15) is 38.4 Å². The van der Waals surface area contributed by atoms with E-state index < -0.39 is 27.3 Å². The molecule has 12 heteroatoms. The maximum atomic E-state index is 13.8. The number of hydrogen-bond acceptors (Lipinski definition) is 7. The summed E-state index contributed by atoms with van der Waals surface area (Å²) in [4.78, 5) is 34.8. The molecule has 3 aromatic carbocycles. The molecule has 0 saturated carbocycles. The maximum Gasteiger partial charge on any atom is 0.261 e. The predicted molar refractivity (Wildman–Crippen MR) is 176 cm³/mol. The van der Waals surface area contributed by atoms with E-state index in [1.807, 2.05) is 28.9 Å². The molecule has 0 atom stereocenters. The molecule has 236 valence electrons. The van der Waals surface area contributed by atoms with Crippen molar-refractivity contribution in [2.75, 3.05) is 6.54 Å². The minimum absolute atomic E-state index is 0.0731. The molecule has 0 saturated heterocycles. The molecule has 10 nitrogen and oxygen atoms in total. The Labute approximate surface area is 269 Å². The molecule has 0 bridgehead atoms. The van der Waals surface area contributed by atoms with Crippen LogP contribution < -0.4 is 16.6 Å². The van der Waals surface area contributed by atoms with E-state index in [1.54, 1.807) is 31.3 Å². The molecule has 0 aliphatic carbocycles. The van der Waals surface area contributed by atoms with Crippen molar-refractivity contribution in [3.05, 3.63) is 141 Å². The minimum Gasteiger partial charge on any atom is -0.348 e. The minimum atomic E-state index is -4.00. The fraction of sp³-hybridized carbons (Fsp3) is 0.143. The van der Waals surface area contributed by atoms with Gasteiger partial charge in [-0.2, -0.15) is 0 Å². The van der Waals surface area contributed by atoms with Gasteiger partial charge < -0.3 is 15.5 Å². The zero-order valence-corrected chi connectivity index (χ0v) is 26.1. The highest BCUT2D eigenvalue weighted by Gasteiger charge is 2.21. The molecule has 0 fully saturated rings. The van der Waals surface area contributed by atoms with Crippen molar-refractivity contribution >= 4 is 32.3 Å². The van der Waals surface area contributed by atoms with E-state index in [0.29, 0.717) is 34.4 Å². The predicted octanol–water partition coefficient (Wildman–Crippen LogP) is 3.75. The summed E-state index contributed by atoms with van der Waals surface area (Å²) in [5.41, 5.74) is 8.57. The third-order valence-electron chi connectivity index (χ3n) is 7.60. The largest absolute Gasteiger partial charge is 0.348 e. The summed E-state index contributed by atoms with van der Waals surface area (Å²) in [7, 11) is -4.00. The number of nitrogens with one attached hydrogen (secondary N) is 1. The van der Waals surface area contributed by atoms with E-state index in [-0.39, 0.29) is 34.7 Å². The molecule has 6 rings (SSSR count). The van der Waals surface area contributed by atoms with Gasteiger partial charge in [-0.1, -0.05) is 17.9 Å². The molecule has 3 heterocycles. The van der Waals surface area contributed by atoms with Crippen LogP contribution in [0.25, 0.3) is 16.6 Å². The number of nitrogens with zero attached hydrogens (tertiary/aromatic N) is 4. The number of pyridine rings is 1. The first-order valence-corrected chi connectivity index (χ1v) is 16.3. The lowest BCUT2D eigenvalue weighted by Gasteiger charge is -2.12. The lowest BCUT2D eigenvalue weighted by Crippen LogP contribution is -2.27. The Bertz CT molecular complexity index is 2390. The van der Waals surface area contributed by atoms with Crippen LogP contribution in [0.15, 0.2) is 101 Å². The molecular weight excluding hydrogens is 619 g/mol. The van der Waals surface area contributed by atoms with E-state index in [2.05, 4.69) is 27.1 Å². The molecule has 1 amide bonds. The van der Waals surface area contributed by atoms with E-state index in [0.717, 1.165) is 11.2 Å². The summed E-state index contributed by atoms with van der Waals surface area (Å²) < 4.78 is 44.5. The third-order valence-corrected chi connectivity index (χ3v) is 9.34. The zero-order chi connectivity index (χ0) is 33.1. The smallest absolute Gasteiger partial charge is 0.261 e. The van der Waals surface area contributed by atoms with Gasteiger partial charge in [-0.25, -0.2) is 22.8 Å². The second kappa shape index (κ2) is 13.0. The molecule has 3 N–H and O–H groups in total. The highest BCUT2D eigenvalue weighted by molar-refractivity contribution is 7.90. The van der Waals surface area contributed by atoms with Crippen molar-refractivity contribution in [3.63, 3.8) is 0 Å². The van der Waals surface area contributed by atoms with Gasteiger partial charge >= 0.3 is 0 Å². The first kappa shape index (κ1) is 31.3. The molecule has 3 aromatic heterocycles. The van der Waals surface area contributed by atoms with E-state index in [4.69, 9.17) is 5.73 Å². The molecule has 47 heavy (non-hydrogen) atoms. The van der Waals surface area contributed by atoms with Crippen LogP contribution in [-0.2, 0) is 28.7 Å². The summed E-state index contributed by atoms with van der Waals surface area (Å²) >= 11 is 0. The number of aromatic nitrogens is 4. The number of hydrogen-bond donors (Lipinski definition) is 2. The van der Waals surface area contributed by atoms with Gasteiger partial charge in [-0.15, -0.1) is 0 Å². The quantitative estimate of drug-likeness (QED) is 0.240. The lowest BCUT2D eigenvalue weighted by molar-refractivity contribution is 0.0950. The van der Waals surface area contributed by atoms with Gasteiger partial charge in [-0.3, -0.25) is 14.2 Å². The van der Waals surface area contributed by atoms with E-state index in [1.165, 1.54) is 47.0 Å². The Morgan fingerprint density at radius 3 is 2.57 bits per heavy atom. The van der Waals surface area contributed by atoms with Crippen LogP contribution in [0.4, 0.5) is 4.39 Å². The van der Waals surface area contributed by atoms with Crippen molar-refractivity contribution in [2.24, 2.45) is 5.73 Å². The van der Waals surface area contributed by atoms with Crippen molar-refractivity contribution < 1.29 is 17.6 Å². The van der Waals surface area contributed by atoms with Crippen molar-refractivity contribution in [1.29, 1.82) is 0 Å². The zero-order valence-electron chi connectivity index (χ0n) is 25.3. The summed E-state index contributed by atoms with van der Waals surface area (Å²) in [5.74, 6) is 4.99. The number of carbonyl (C=O) groups excluding carboxylic acids is 1. The third kappa shape index (κ3) is 6.81. The summed E-state index contributed by atoms with van der Waals surface area (Å²) in [6, 6.07) is 18.2. The Hall–Kier alpha value is -5.64. The van der Waals surface area contributed by atoms with Crippen LogP contribution in [0.2, 0.25) is 0 Å². The van der Waals surface area contributed by atoms with Crippen LogP contribution in [0.3, 0.4) is 0 Å². The number of carbonyl (C=O) groups is 1. The average Bonchev–Trinajstić information content (AvgIpc) is 3.53. The lowest BCUT2D eigenvalue weighted by atomic mass is 10.1. The van der Waals surface area contributed by atoms with Crippen LogP contribution in [0.5, 0.6) is 0 Å². The van der Waals surface area contributed by atoms with E-state index >= 15 is 0 Å². The fourth-order valence-electron chi connectivity index (χ4n) is 5.22. The van der Waals surface area contributed by atoms with Gasteiger partial charge in [0.25, 0.3) is 11.5 Å². The number of benzene rings is 3. The van der Waals surface area contributed by atoms with Gasteiger partial charge in [0.15, 0.2) is 9.84 Å². The number of aryl methyl sites for hydroxylation is 1. The molecule has 0 aliphatic rings. The van der Waals surface area contributed by atoms with E-state index in [9.17, 15) is 22.4 Å². The highest BCUT2D eigenvalue weighted by Crippen LogP contribution is 2.24. The van der Waals surface area contributed by atoms with Gasteiger partial charge in [-0.05, 0) is 84.8 Å². The van der Waals surface area contributed by atoms with Gasteiger partial charge in [0.1, 0.15) is 17.3 Å². The van der Waals surface area contributed by atoms with Gasteiger partial charge in [0, 0.05) is 54.9 Å². The maximum absolute atomic E-state index is 13.8. The second-order valence-corrected chi connectivity index (χ2v) is 12.9. The Balaban J connectivity index is 1.31. The first-order valence-electron chi connectivity index (χ1n) is 14.7. The highest BCUT2D eigenvalue weighted by atomic mass is 32.2. The number of amides is 1. The number of rotatable bonds is 8. The fourth-order valence-corrected chi connectivity index (χ4v) is 6.71. The van der Waals surface area contributed by atoms with Crippen molar-refractivity contribution in [1.82, 2.24) is 24.3 Å². The number of fused-ring (bicyclic) bond motifs is 2. The second-order valence-electron chi connectivity index (χ2n) is 10.9. The normalized spacial score (nSPS) is 11.4. The van der Waals surface area contributed by atoms with Gasteiger partial charge in [0.05, 0.1) is 21.6 Å². The summed E-state index contributed by atoms with van der Waals surface area (Å²) in [6.07, 6.45) is 5.34. The Morgan fingerprint density at radius 1 is 0.979 bits per heavy atom. The Morgan fingerprint density at radius 2 is 1.79 bits per heavy atom. The first-order chi connectivity index (χ1) is 22.6. The van der Waals surface area contributed by atoms with Crippen molar-refractivity contribution in [2.45, 2.75) is 30.7 Å². The Kier molecular flexibility index (Phi) is 8.67. The SMILES string of the molecule is Cc1nc2cc(CS(=O)(=O)c3ccc(C(=O)NCc4ccn5ccnc5c4)cc3C#Cc3ccc(F)cc3)ccc2c(=O)n1CCN. The average molecular weight is 649 g/mol. The van der Waals surface area contributed by atoms with Crippen LogP contribution in [0, 0.1) is 24.6 Å².